The molecule has 0 heterocycles. The number of Topliss-reactive ketones (excluding diaryl/α,β-unsaturated/α-hetero) is 1. The standard InChI is InChI=1S/C36H42N2O6/c1-4-43-33(40)21-20-31(23-28-16-10-6-11-17-28)37-35(41)30(22-27-14-8-5-9-15-27)24-32(39)34(26(2)3)38-36(42)44-25-29-18-12-7-13-19-29/h5-21,26,30-31,34H,4,22-25H2,1-3H3,(H,37,41)(H,38,42)/b21-20+/t30-,31-,34+/m1/s1. The Morgan fingerprint density at radius 3 is 1.82 bits per heavy atom. The van der Waals surface area contributed by atoms with Crippen molar-refractivity contribution in [1.29, 1.82) is 0 Å². The molecule has 0 aliphatic carbocycles. The van der Waals surface area contributed by atoms with Gasteiger partial charge in [-0.2, -0.15) is 0 Å². The van der Waals surface area contributed by atoms with E-state index in [9.17, 15) is 19.2 Å². The van der Waals surface area contributed by atoms with Crippen LogP contribution in [0.3, 0.4) is 0 Å². The minimum absolute atomic E-state index is 0.0762. The Balaban J connectivity index is 1.76. The zero-order valence-electron chi connectivity index (χ0n) is 25.6. The lowest BCUT2D eigenvalue weighted by Crippen LogP contribution is -2.47. The number of alkyl carbamates (subject to hydrolysis) is 1. The molecule has 0 bridgehead atoms. The summed E-state index contributed by atoms with van der Waals surface area (Å²) in [6, 6.07) is 27.0. The van der Waals surface area contributed by atoms with Crippen LogP contribution in [0.5, 0.6) is 0 Å². The normalized spacial score (nSPS) is 13.1. The van der Waals surface area contributed by atoms with Crippen molar-refractivity contribution in [3.63, 3.8) is 0 Å². The first-order valence-corrected chi connectivity index (χ1v) is 15.0. The summed E-state index contributed by atoms with van der Waals surface area (Å²) >= 11 is 0. The number of carbonyl (C=O) groups excluding carboxylic acids is 4. The van der Waals surface area contributed by atoms with E-state index < -0.39 is 30.1 Å². The van der Waals surface area contributed by atoms with Crippen LogP contribution in [0, 0.1) is 11.8 Å². The van der Waals surface area contributed by atoms with E-state index in [1.807, 2.05) is 105 Å². The van der Waals surface area contributed by atoms with E-state index in [1.165, 1.54) is 6.08 Å². The van der Waals surface area contributed by atoms with Gasteiger partial charge in [0.1, 0.15) is 6.61 Å². The Bertz CT molecular complexity index is 1360. The number of nitrogens with one attached hydrogen (secondary N) is 2. The van der Waals surface area contributed by atoms with Crippen LogP contribution >= 0.6 is 0 Å². The fourth-order valence-corrected chi connectivity index (χ4v) is 4.76. The largest absolute Gasteiger partial charge is 0.463 e. The summed E-state index contributed by atoms with van der Waals surface area (Å²) in [7, 11) is 0. The van der Waals surface area contributed by atoms with Crippen molar-refractivity contribution in [3.05, 3.63) is 120 Å². The molecule has 0 aliphatic heterocycles. The van der Waals surface area contributed by atoms with Crippen LogP contribution in [0.2, 0.25) is 0 Å². The number of ether oxygens (including phenoxy) is 2. The second-order valence-corrected chi connectivity index (χ2v) is 10.9. The highest BCUT2D eigenvalue weighted by Gasteiger charge is 2.31. The van der Waals surface area contributed by atoms with Crippen LogP contribution in [-0.4, -0.2) is 42.4 Å². The van der Waals surface area contributed by atoms with Gasteiger partial charge in [-0.25, -0.2) is 9.59 Å². The van der Waals surface area contributed by atoms with Gasteiger partial charge in [0.25, 0.3) is 0 Å². The third-order valence-electron chi connectivity index (χ3n) is 7.02. The molecule has 0 unspecified atom stereocenters. The Hall–Kier alpha value is -4.72. The van der Waals surface area contributed by atoms with Gasteiger partial charge in [-0.15, -0.1) is 0 Å². The first-order valence-electron chi connectivity index (χ1n) is 15.0. The van der Waals surface area contributed by atoms with E-state index >= 15 is 0 Å². The topological polar surface area (TPSA) is 111 Å². The number of ketones is 1. The van der Waals surface area contributed by atoms with Crippen molar-refractivity contribution in [2.75, 3.05) is 6.61 Å². The van der Waals surface area contributed by atoms with E-state index in [4.69, 9.17) is 9.47 Å². The summed E-state index contributed by atoms with van der Waals surface area (Å²) in [5.41, 5.74) is 2.70. The van der Waals surface area contributed by atoms with E-state index in [-0.39, 0.29) is 37.2 Å². The fourth-order valence-electron chi connectivity index (χ4n) is 4.76. The predicted molar refractivity (Wildman–Crippen MR) is 169 cm³/mol. The highest BCUT2D eigenvalue weighted by atomic mass is 16.5. The molecule has 0 saturated heterocycles. The van der Waals surface area contributed by atoms with Crippen molar-refractivity contribution >= 4 is 23.8 Å². The van der Waals surface area contributed by atoms with Gasteiger partial charge in [0, 0.05) is 18.4 Å². The molecule has 0 radical (unpaired) electrons. The molecule has 8 nitrogen and oxygen atoms in total. The second kappa shape index (κ2) is 18.1. The Labute approximate surface area is 259 Å². The molecule has 3 aromatic rings. The summed E-state index contributed by atoms with van der Waals surface area (Å²) < 4.78 is 10.4. The maximum atomic E-state index is 13.8. The number of amides is 2. The quantitative estimate of drug-likeness (QED) is 0.164. The minimum atomic E-state index is -0.840. The van der Waals surface area contributed by atoms with E-state index in [1.54, 1.807) is 13.0 Å². The van der Waals surface area contributed by atoms with Gasteiger partial charge in [-0.1, -0.05) is 111 Å². The SMILES string of the molecule is CCOC(=O)/C=C/[C@H](Cc1ccccc1)NC(=O)[C@@H](CC(=O)[C@@H](NC(=O)OCc1ccccc1)C(C)C)Cc1ccccc1. The molecule has 0 aliphatic rings. The van der Waals surface area contributed by atoms with Gasteiger partial charge in [-0.05, 0) is 42.4 Å². The lowest BCUT2D eigenvalue weighted by Gasteiger charge is -2.25. The van der Waals surface area contributed by atoms with Crippen LogP contribution in [0.25, 0.3) is 0 Å². The zero-order valence-corrected chi connectivity index (χ0v) is 25.6. The van der Waals surface area contributed by atoms with Crippen LogP contribution < -0.4 is 10.6 Å². The van der Waals surface area contributed by atoms with Crippen LogP contribution in [-0.2, 0) is 43.3 Å². The lowest BCUT2D eigenvalue weighted by molar-refractivity contribution is -0.137. The molecule has 0 fully saturated rings. The summed E-state index contributed by atoms with van der Waals surface area (Å²) in [5.74, 6) is -2.05. The molecule has 3 rings (SSSR count). The summed E-state index contributed by atoms with van der Waals surface area (Å²) in [6.45, 7) is 5.71. The molecule has 0 aromatic heterocycles. The van der Waals surface area contributed by atoms with Gasteiger partial charge < -0.3 is 20.1 Å². The van der Waals surface area contributed by atoms with Crippen molar-refractivity contribution in [1.82, 2.24) is 10.6 Å². The average Bonchev–Trinajstić information content (AvgIpc) is 3.02. The fraction of sp³-hybridized carbons (Fsp3) is 0.333. The van der Waals surface area contributed by atoms with Gasteiger partial charge in [0.2, 0.25) is 5.91 Å². The van der Waals surface area contributed by atoms with Gasteiger partial charge in [0.05, 0.1) is 18.7 Å². The van der Waals surface area contributed by atoms with Gasteiger partial charge in [0.15, 0.2) is 5.78 Å². The molecule has 0 spiro atoms. The monoisotopic (exact) mass is 598 g/mol. The average molecular weight is 599 g/mol. The molecular weight excluding hydrogens is 556 g/mol. The predicted octanol–water partition coefficient (Wildman–Crippen LogP) is 5.60. The van der Waals surface area contributed by atoms with Gasteiger partial charge in [-0.3, -0.25) is 9.59 Å². The van der Waals surface area contributed by atoms with Crippen LogP contribution in [0.4, 0.5) is 4.79 Å². The molecule has 3 aromatic carbocycles. The number of rotatable bonds is 16. The zero-order chi connectivity index (χ0) is 31.7. The van der Waals surface area contributed by atoms with Crippen LogP contribution in [0.1, 0.15) is 43.9 Å². The Kier molecular flexibility index (Phi) is 13.9. The highest BCUT2D eigenvalue weighted by molar-refractivity contribution is 5.92. The number of hydrogen-bond donors (Lipinski definition) is 2. The molecular formula is C36H42N2O6. The van der Waals surface area contributed by atoms with Crippen molar-refractivity contribution in [3.8, 4) is 0 Å². The lowest BCUT2D eigenvalue weighted by atomic mass is 9.88. The molecule has 2 amide bonds. The maximum absolute atomic E-state index is 13.8. The first-order chi connectivity index (χ1) is 21.2. The number of carbonyl (C=O) groups is 4. The maximum Gasteiger partial charge on any atom is 0.408 e. The second-order valence-electron chi connectivity index (χ2n) is 10.9. The Morgan fingerprint density at radius 1 is 0.727 bits per heavy atom. The van der Waals surface area contributed by atoms with Gasteiger partial charge >= 0.3 is 12.1 Å². The van der Waals surface area contributed by atoms with E-state index in [0.717, 1.165) is 16.7 Å². The molecule has 3 atom stereocenters. The Morgan fingerprint density at radius 2 is 1.27 bits per heavy atom. The van der Waals surface area contributed by atoms with E-state index in [0.29, 0.717) is 12.8 Å². The molecule has 8 heteroatoms. The molecule has 232 valence electrons. The third kappa shape index (κ3) is 11.9. The molecule has 44 heavy (non-hydrogen) atoms. The van der Waals surface area contributed by atoms with E-state index in [2.05, 4.69) is 10.6 Å². The summed E-state index contributed by atoms with van der Waals surface area (Å²) in [4.78, 5) is 52.1. The smallest absolute Gasteiger partial charge is 0.408 e. The van der Waals surface area contributed by atoms with Crippen LogP contribution in [0.15, 0.2) is 103 Å². The minimum Gasteiger partial charge on any atom is -0.463 e. The number of esters is 1. The van der Waals surface area contributed by atoms with Crippen molar-refractivity contribution in [2.24, 2.45) is 11.8 Å². The van der Waals surface area contributed by atoms with Crippen molar-refractivity contribution < 1.29 is 28.7 Å². The number of hydrogen-bond acceptors (Lipinski definition) is 6. The third-order valence-corrected chi connectivity index (χ3v) is 7.02. The molecule has 0 saturated carbocycles. The number of benzene rings is 3. The highest BCUT2D eigenvalue weighted by Crippen LogP contribution is 2.18. The summed E-state index contributed by atoms with van der Waals surface area (Å²) in [6.07, 6.45) is 2.90. The molecule has 2 N–H and O–H groups in total. The summed E-state index contributed by atoms with van der Waals surface area (Å²) in [5, 5.41) is 5.75. The van der Waals surface area contributed by atoms with Crippen molar-refractivity contribution in [2.45, 2.75) is 58.7 Å². The first kappa shape index (κ1) is 33.8.